The number of hydrogen-bond acceptors (Lipinski definition) is 7. The van der Waals surface area contributed by atoms with Crippen LogP contribution in [0.25, 0.3) is 0 Å². The molecular formula is C21H25N5O6S2. The van der Waals surface area contributed by atoms with Crippen molar-refractivity contribution in [1.82, 2.24) is 14.0 Å². The zero-order valence-corrected chi connectivity index (χ0v) is 20.2. The standard InChI is InChI=1S/C21H25N5O6S2/c1-3-5-17-15-25(34(31,32)19-10-11-20(22-14-19)24-21(27)28)12-13-26(17)16-6-8-18(9-7-16)33(29,30)23-4-2/h6-11,14,17,23H,4,12-13,15H2,1-2H3,(H,22,24)(H,27,28). The highest BCUT2D eigenvalue weighted by atomic mass is 32.2. The lowest BCUT2D eigenvalue weighted by atomic mass is 10.1. The summed E-state index contributed by atoms with van der Waals surface area (Å²) in [5, 5.41) is 10.8. The number of piperazine rings is 1. The van der Waals surface area contributed by atoms with E-state index < -0.39 is 32.2 Å². The maximum atomic E-state index is 13.1. The summed E-state index contributed by atoms with van der Waals surface area (Å²) in [5.41, 5.74) is 0.728. The Kier molecular flexibility index (Phi) is 7.78. The summed E-state index contributed by atoms with van der Waals surface area (Å²) in [6.07, 6.45) is -0.191. The minimum Gasteiger partial charge on any atom is -0.465 e. The van der Waals surface area contributed by atoms with Crippen molar-refractivity contribution < 1.29 is 26.7 Å². The molecule has 2 heterocycles. The summed E-state index contributed by atoms with van der Waals surface area (Å²) < 4.78 is 54.4. The van der Waals surface area contributed by atoms with E-state index in [-0.39, 0.29) is 35.2 Å². The molecule has 0 radical (unpaired) electrons. The maximum absolute atomic E-state index is 13.1. The Balaban J connectivity index is 1.80. The van der Waals surface area contributed by atoms with Crippen molar-refractivity contribution in [2.24, 2.45) is 0 Å². The molecule has 3 N–H and O–H groups in total. The number of amides is 1. The molecule has 1 amide bonds. The summed E-state index contributed by atoms with van der Waals surface area (Å²) in [6, 6.07) is 8.49. The molecule has 11 nitrogen and oxygen atoms in total. The first kappa shape index (κ1) is 25.4. The van der Waals surface area contributed by atoms with Gasteiger partial charge in [-0.3, -0.25) is 5.32 Å². The second-order valence-electron chi connectivity index (χ2n) is 7.27. The zero-order valence-electron chi connectivity index (χ0n) is 18.6. The van der Waals surface area contributed by atoms with Gasteiger partial charge in [0, 0.05) is 38.1 Å². The van der Waals surface area contributed by atoms with E-state index in [0.717, 1.165) is 11.9 Å². The number of nitrogens with one attached hydrogen (secondary N) is 2. The average molecular weight is 508 g/mol. The second-order valence-corrected chi connectivity index (χ2v) is 11.0. The van der Waals surface area contributed by atoms with Gasteiger partial charge in [-0.25, -0.2) is 31.3 Å². The second kappa shape index (κ2) is 10.4. The van der Waals surface area contributed by atoms with Gasteiger partial charge in [0.2, 0.25) is 20.0 Å². The van der Waals surface area contributed by atoms with Gasteiger partial charge < -0.3 is 10.0 Å². The van der Waals surface area contributed by atoms with Gasteiger partial charge in [0.15, 0.2) is 0 Å². The van der Waals surface area contributed by atoms with Gasteiger partial charge in [-0.2, -0.15) is 4.31 Å². The topological polar surface area (TPSA) is 149 Å². The lowest BCUT2D eigenvalue weighted by Gasteiger charge is -2.39. The third-order valence-corrected chi connectivity index (χ3v) is 8.49. The van der Waals surface area contributed by atoms with Gasteiger partial charge in [-0.15, -0.1) is 5.92 Å². The van der Waals surface area contributed by atoms with Gasteiger partial charge >= 0.3 is 6.09 Å². The first-order valence-corrected chi connectivity index (χ1v) is 13.3. The smallest absolute Gasteiger partial charge is 0.410 e. The molecular weight excluding hydrogens is 482 g/mol. The number of benzene rings is 1. The molecule has 0 spiro atoms. The van der Waals surface area contributed by atoms with Gasteiger partial charge in [0.1, 0.15) is 16.8 Å². The lowest BCUT2D eigenvalue weighted by molar-refractivity contribution is 0.209. The van der Waals surface area contributed by atoms with Crippen LogP contribution in [0.2, 0.25) is 0 Å². The highest BCUT2D eigenvalue weighted by molar-refractivity contribution is 7.89. The number of sulfonamides is 2. The number of anilines is 2. The quantitative estimate of drug-likeness (QED) is 0.476. The molecule has 1 aliphatic heterocycles. The van der Waals surface area contributed by atoms with Gasteiger partial charge in [-0.05, 0) is 43.3 Å². The summed E-state index contributed by atoms with van der Waals surface area (Å²) in [5.74, 6) is 5.88. The van der Waals surface area contributed by atoms with Crippen molar-refractivity contribution in [3.8, 4) is 11.8 Å². The van der Waals surface area contributed by atoms with Crippen molar-refractivity contribution in [2.45, 2.75) is 29.7 Å². The molecule has 1 aliphatic rings. The molecule has 182 valence electrons. The van der Waals surface area contributed by atoms with Crippen LogP contribution in [-0.2, 0) is 20.0 Å². The Hall–Kier alpha value is -3.18. The SMILES string of the molecule is CC#CC1CN(S(=O)(=O)c2ccc(NC(=O)O)nc2)CCN1c1ccc(S(=O)(=O)NCC)cc1. The van der Waals surface area contributed by atoms with Crippen molar-refractivity contribution in [1.29, 1.82) is 0 Å². The molecule has 0 bridgehead atoms. The fourth-order valence-electron chi connectivity index (χ4n) is 3.53. The van der Waals surface area contributed by atoms with Crippen LogP contribution in [0.4, 0.5) is 16.3 Å². The van der Waals surface area contributed by atoms with Crippen molar-refractivity contribution in [2.75, 3.05) is 36.4 Å². The molecule has 0 aliphatic carbocycles. The largest absolute Gasteiger partial charge is 0.465 e. The van der Waals surface area contributed by atoms with Crippen molar-refractivity contribution in [3.05, 3.63) is 42.6 Å². The third-order valence-electron chi connectivity index (χ3n) is 5.08. The Bertz CT molecular complexity index is 1300. The number of carboxylic acid groups (broad SMARTS) is 1. The number of nitrogens with zero attached hydrogens (tertiary/aromatic N) is 3. The molecule has 2 aromatic rings. The summed E-state index contributed by atoms with van der Waals surface area (Å²) >= 11 is 0. The highest BCUT2D eigenvalue weighted by Gasteiger charge is 2.34. The molecule has 1 aromatic carbocycles. The van der Waals surface area contributed by atoms with Crippen LogP contribution in [0.3, 0.4) is 0 Å². The summed E-state index contributed by atoms with van der Waals surface area (Å²) in [6.45, 7) is 4.25. The average Bonchev–Trinajstić information content (AvgIpc) is 2.79. The Morgan fingerprint density at radius 2 is 1.79 bits per heavy atom. The van der Waals surface area contributed by atoms with E-state index in [1.807, 2.05) is 4.90 Å². The summed E-state index contributed by atoms with van der Waals surface area (Å²) in [7, 11) is -7.46. The van der Waals surface area contributed by atoms with E-state index >= 15 is 0 Å². The van der Waals surface area contributed by atoms with E-state index in [0.29, 0.717) is 6.54 Å². The number of hydrogen-bond donors (Lipinski definition) is 3. The van der Waals surface area contributed by atoms with E-state index in [9.17, 15) is 21.6 Å². The molecule has 1 aromatic heterocycles. The molecule has 1 saturated heterocycles. The fraction of sp³-hybridized carbons (Fsp3) is 0.333. The van der Waals surface area contributed by atoms with E-state index in [4.69, 9.17) is 5.11 Å². The molecule has 1 fully saturated rings. The first-order chi connectivity index (χ1) is 16.1. The van der Waals surface area contributed by atoms with Gasteiger partial charge in [0.05, 0.1) is 4.90 Å². The lowest BCUT2D eigenvalue weighted by Crippen LogP contribution is -2.54. The number of rotatable bonds is 7. The minimum absolute atomic E-state index is 0.0191. The number of carbonyl (C=O) groups is 1. The summed E-state index contributed by atoms with van der Waals surface area (Å²) in [4.78, 5) is 16.6. The van der Waals surface area contributed by atoms with Crippen LogP contribution in [0, 0.1) is 11.8 Å². The van der Waals surface area contributed by atoms with Crippen LogP contribution in [0.15, 0.2) is 52.4 Å². The maximum Gasteiger partial charge on any atom is 0.410 e. The normalized spacial score (nSPS) is 17.0. The highest BCUT2D eigenvalue weighted by Crippen LogP contribution is 2.26. The van der Waals surface area contributed by atoms with Gasteiger partial charge in [-0.1, -0.05) is 12.8 Å². The molecule has 1 unspecified atom stereocenters. The molecule has 34 heavy (non-hydrogen) atoms. The van der Waals surface area contributed by atoms with Crippen LogP contribution < -0.4 is 14.9 Å². The van der Waals surface area contributed by atoms with Crippen LogP contribution >= 0.6 is 0 Å². The Morgan fingerprint density at radius 1 is 1.12 bits per heavy atom. The predicted octanol–water partition coefficient (Wildman–Crippen LogP) is 1.37. The fourth-order valence-corrected chi connectivity index (χ4v) is 5.96. The van der Waals surface area contributed by atoms with Crippen molar-refractivity contribution in [3.63, 3.8) is 0 Å². The monoisotopic (exact) mass is 507 g/mol. The molecule has 3 rings (SSSR count). The predicted molar refractivity (Wildman–Crippen MR) is 127 cm³/mol. The van der Waals surface area contributed by atoms with E-state index in [2.05, 4.69) is 26.9 Å². The number of aromatic nitrogens is 1. The minimum atomic E-state index is -3.88. The van der Waals surface area contributed by atoms with Crippen LogP contribution in [0.1, 0.15) is 13.8 Å². The molecule has 1 atom stereocenters. The van der Waals surface area contributed by atoms with Gasteiger partial charge in [0.25, 0.3) is 0 Å². The zero-order chi connectivity index (χ0) is 24.9. The number of pyridine rings is 1. The molecule has 13 heteroatoms. The van der Waals surface area contributed by atoms with E-state index in [1.165, 1.54) is 28.6 Å². The van der Waals surface area contributed by atoms with Crippen LogP contribution in [-0.4, -0.2) is 69.5 Å². The third kappa shape index (κ3) is 5.65. The molecule has 0 saturated carbocycles. The van der Waals surface area contributed by atoms with Crippen molar-refractivity contribution >= 4 is 37.6 Å². The first-order valence-electron chi connectivity index (χ1n) is 10.3. The van der Waals surface area contributed by atoms with Crippen LogP contribution in [0.5, 0.6) is 0 Å². The Labute approximate surface area is 198 Å². The Morgan fingerprint density at radius 3 is 2.35 bits per heavy atom. The van der Waals surface area contributed by atoms with E-state index in [1.54, 1.807) is 26.0 Å².